The molecule has 0 aliphatic carbocycles. The molecule has 2 aromatic carbocycles. The van der Waals surface area contributed by atoms with Crippen molar-refractivity contribution in [1.82, 2.24) is 25.4 Å². The van der Waals surface area contributed by atoms with Crippen LogP contribution < -0.4 is 20.1 Å². The van der Waals surface area contributed by atoms with Crippen molar-refractivity contribution in [2.24, 2.45) is 0 Å². The van der Waals surface area contributed by atoms with Crippen LogP contribution in [0.3, 0.4) is 0 Å². The lowest BCUT2D eigenvalue weighted by Gasteiger charge is -2.24. The molecule has 39 heavy (non-hydrogen) atoms. The number of rotatable bonds is 3. The van der Waals surface area contributed by atoms with Crippen LogP contribution in [0.25, 0.3) is 16.7 Å². The van der Waals surface area contributed by atoms with Crippen LogP contribution in [0.2, 0.25) is 0 Å². The van der Waals surface area contributed by atoms with Gasteiger partial charge < -0.3 is 25.2 Å². The van der Waals surface area contributed by atoms with Crippen LogP contribution in [0, 0.1) is 0 Å². The number of aromatic nitrogens is 3. The Hall–Kier alpha value is -4.70. The van der Waals surface area contributed by atoms with E-state index in [1.807, 2.05) is 54.6 Å². The molecule has 4 aliphatic rings. The van der Waals surface area contributed by atoms with Crippen LogP contribution in [-0.4, -0.2) is 63.6 Å². The number of hydrogen-bond donors (Lipinski definition) is 3. The smallest absolute Gasteiger partial charge is 0.255 e. The van der Waals surface area contributed by atoms with Gasteiger partial charge in [0, 0.05) is 18.1 Å². The Morgan fingerprint density at radius 2 is 1.87 bits per heavy atom. The van der Waals surface area contributed by atoms with Gasteiger partial charge in [0.1, 0.15) is 24.7 Å². The molecular weight excluding hydrogens is 498 g/mol. The predicted octanol–water partition coefficient (Wildman–Crippen LogP) is 2.59. The highest BCUT2D eigenvalue weighted by atomic mass is 16.5. The van der Waals surface area contributed by atoms with E-state index >= 15 is 0 Å². The molecule has 0 saturated carbocycles. The fourth-order valence-electron chi connectivity index (χ4n) is 4.36. The van der Waals surface area contributed by atoms with E-state index in [-0.39, 0.29) is 12.0 Å². The third kappa shape index (κ3) is 5.91. The predicted molar refractivity (Wildman–Crippen MR) is 145 cm³/mol. The number of aliphatic hydroxyl groups excluding tert-OH is 1. The highest BCUT2D eigenvalue weighted by Crippen LogP contribution is 2.24. The number of aliphatic hydroxyl groups is 1. The summed E-state index contributed by atoms with van der Waals surface area (Å²) >= 11 is 0. The second-order valence-electron chi connectivity index (χ2n) is 9.01. The Morgan fingerprint density at radius 1 is 1.13 bits per heavy atom. The summed E-state index contributed by atoms with van der Waals surface area (Å²) in [6, 6.07) is 15.2. The molecule has 0 fully saturated rings. The number of carbonyl (C=O) groups is 2. The van der Waals surface area contributed by atoms with Gasteiger partial charge in [0.2, 0.25) is 0 Å². The molecule has 4 aromatic rings. The van der Waals surface area contributed by atoms with Gasteiger partial charge in [-0.05, 0) is 73.5 Å². The summed E-state index contributed by atoms with van der Waals surface area (Å²) in [4.78, 5) is 30.6. The van der Waals surface area contributed by atoms with Gasteiger partial charge in [-0.3, -0.25) is 9.59 Å². The topological polar surface area (TPSA) is 128 Å². The van der Waals surface area contributed by atoms with E-state index in [9.17, 15) is 14.7 Å². The van der Waals surface area contributed by atoms with Crippen molar-refractivity contribution >= 4 is 22.7 Å². The summed E-state index contributed by atoms with van der Waals surface area (Å²) in [7, 11) is 0. The van der Waals surface area contributed by atoms with Crippen molar-refractivity contribution in [3.05, 3.63) is 90.3 Å². The number of benzene rings is 2. The van der Waals surface area contributed by atoms with Crippen LogP contribution in [0.4, 0.5) is 0 Å². The zero-order chi connectivity index (χ0) is 27.2. The largest absolute Gasteiger partial charge is 0.490 e. The SMILES string of the molecule is CCNC(=O)C(O)C1Cc2ccc(cc2)OC/C=C/COc2ccc3c(cnn3-c3ncccc3C(=O)N1)c2. The summed E-state index contributed by atoms with van der Waals surface area (Å²) in [5.74, 6) is 0.604. The second-order valence-corrected chi connectivity index (χ2v) is 9.01. The molecule has 0 radical (unpaired) electrons. The van der Waals surface area contributed by atoms with Crippen LogP contribution >= 0.6 is 0 Å². The maximum Gasteiger partial charge on any atom is 0.255 e. The summed E-state index contributed by atoms with van der Waals surface area (Å²) in [6.45, 7) is 2.86. The average molecular weight is 528 g/mol. The molecule has 2 unspecified atom stereocenters. The van der Waals surface area contributed by atoms with E-state index in [4.69, 9.17) is 9.47 Å². The quantitative estimate of drug-likeness (QED) is 0.350. The minimum atomic E-state index is -1.47. The zero-order valence-corrected chi connectivity index (χ0v) is 21.4. The number of carbonyl (C=O) groups excluding carboxylic acids is 2. The maximum atomic E-state index is 13.6. The Balaban J connectivity index is 1.54. The lowest BCUT2D eigenvalue weighted by molar-refractivity contribution is -0.130. The molecule has 6 heterocycles. The molecule has 10 heteroatoms. The first kappa shape index (κ1) is 25.9. The number of nitrogens with one attached hydrogen (secondary N) is 2. The standard InChI is InChI=1S/C29H29N5O5/c1-2-30-29(37)26(35)24-16-19-7-9-21(10-8-19)38-14-3-4-15-39-22-11-12-25-20(17-22)18-32-34(25)27-23(28(36)33-24)6-5-13-31-27/h3-13,17-18,24,26,35H,2,14-16H2,1H3,(H,30,37)(H,33,36)/b4-3+. The van der Waals surface area contributed by atoms with Crippen molar-refractivity contribution in [3.8, 4) is 17.3 Å². The second kappa shape index (κ2) is 11.8. The Kier molecular flexibility index (Phi) is 7.83. The molecule has 0 saturated heterocycles. The monoisotopic (exact) mass is 527 g/mol. The van der Waals surface area contributed by atoms with Gasteiger partial charge in [0.05, 0.1) is 23.3 Å². The summed E-state index contributed by atoms with van der Waals surface area (Å²) in [5.41, 5.74) is 1.80. The van der Waals surface area contributed by atoms with Crippen molar-refractivity contribution in [3.63, 3.8) is 0 Å². The normalized spacial score (nSPS) is 17.4. The van der Waals surface area contributed by atoms with Crippen LogP contribution in [0.5, 0.6) is 11.5 Å². The van der Waals surface area contributed by atoms with Gasteiger partial charge in [-0.15, -0.1) is 0 Å². The number of likely N-dealkylation sites (N-methyl/N-ethyl adjacent to an activating group) is 1. The van der Waals surface area contributed by atoms with E-state index in [0.717, 1.165) is 16.5 Å². The van der Waals surface area contributed by atoms with Crippen molar-refractivity contribution < 1.29 is 24.2 Å². The van der Waals surface area contributed by atoms with Gasteiger partial charge in [0.15, 0.2) is 11.9 Å². The fraction of sp³-hybridized carbons (Fsp3) is 0.241. The molecule has 6 bridgehead atoms. The molecule has 2 amide bonds. The number of hydrogen-bond acceptors (Lipinski definition) is 7. The van der Waals surface area contributed by atoms with E-state index in [1.54, 1.807) is 36.1 Å². The van der Waals surface area contributed by atoms with Crippen molar-refractivity contribution in [2.75, 3.05) is 19.8 Å². The lowest BCUT2D eigenvalue weighted by atomic mass is 10.00. The van der Waals surface area contributed by atoms with Crippen LogP contribution in [0.15, 0.2) is 79.1 Å². The third-order valence-electron chi connectivity index (χ3n) is 6.33. The van der Waals surface area contributed by atoms with Crippen LogP contribution in [-0.2, 0) is 11.2 Å². The Labute approximate surface area is 225 Å². The van der Waals surface area contributed by atoms with Gasteiger partial charge in [-0.25, -0.2) is 9.67 Å². The lowest BCUT2D eigenvalue weighted by Crippen LogP contribution is -2.51. The first-order chi connectivity index (χ1) is 19.0. The first-order valence-corrected chi connectivity index (χ1v) is 12.7. The molecule has 10 nitrogen and oxygen atoms in total. The average Bonchev–Trinajstić information content (AvgIpc) is 3.37. The highest BCUT2D eigenvalue weighted by Gasteiger charge is 2.29. The van der Waals surface area contributed by atoms with Crippen molar-refractivity contribution in [2.45, 2.75) is 25.5 Å². The van der Waals surface area contributed by atoms with Gasteiger partial charge in [-0.1, -0.05) is 12.1 Å². The zero-order valence-electron chi connectivity index (χ0n) is 21.4. The molecule has 200 valence electrons. The Morgan fingerprint density at radius 3 is 2.64 bits per heavy atom. The third-order valence-corrected chi connectivity index (χ3v) is 6.33. The highest BCUT2D eigenvalue weighted by molar-refractivity contribution is 5.98. The van der Waals surface area contributed by atoms with Gasteiger partial charge >= 0.3 is 0 Å². The number of amides is 2. The summed E-state index contributed by atoms with van der Waals surface area (Å²) in [6.07, 6.45) is 5.76. The number of ether oxygens (including phenoxy) is 2. The molecule has 8 rings (SSSR count). The minimum Gasteiger partial charge on any atom is -0.490 e. The fourth-order valence-corrected chi connectivity index (χ4v) is 4.36. The van der Waals surface area contributed by atoms with Gasteiger partial charge in [-0.2, -0.15) is 5.10 Å². The molecular formula is C29H29N5O5. The maximum absolute atomic E-state index is 13.6. The molecule has 4 aliphatic heterocycles. The molecule has 2 atom stereocenters. The van der Waals surface area contributed by atoms with E-state index < -0.39 is 24.0 Å². The number of pyridine rings is 1. The molecule has 2 aromatic heterocycles. The van der Waals surface area contributed by atoms with E-state index in [2.05, 4.69) is 20.7 Å². The molecule has 3 N–H and O–H groups in total. The van der Waals surface area contributed by atoms with Crippen molar-refractivity contribution in [1.29, 1.82) is 0 Å². The first-order valence-electron chi connectivity index (χ1n) is 12.7. The summed E-state index contributed by atoms with van der Waals surface area (Å²) < 4.78 is 13.2. The molecule has 0 spiro atoms. The van der Waals surface area contributed by atoms with E-state index in [0.29, 0.717) is 37.1 Å². The van der Waals surface area contributed by atoms with Gasteiger partial charge in [0.25, 0.3) is 11.8 Å². The van der Waals surface area contributed by atoms with Crippen LogP contribution in [0.1, 0.15) is 22.8 Å². The Bertz CT molecular complexity index is 1500. The number of nitrogens with zero attached hydrogens (tertiary/aromatic N) is 3. The summed E-state index contributed by atoms with van der Waals surface area (Å²) in [5, 5.41) is 21.7. The minimum absolute atomic E-state index is 0.213. The van der Waals surface area contributed by atoms with E-state index in [1.165, 1.54) is 0 Å².